The van der Waals surface area contributed by atoms with Gasteiger partial charge in [0, 0.05) is 36.3 Å². The van der Waals surface area contributed by atoms with E-state index in [9.17, 15) is 0 Å². The van der Waals surface area contributed by atoms with Gasteiger partial charge in [-0.2, -0.15) is 5.10 Å². The standard InChI is InChI=1S/C12H19N3/c1-2-15-8-10(7-14-15)11-12(9-13-11)5-3-4-6-12/h7-8,11,13H,2-6,9H2,1H3/t11-/m0/s1. The van der Waals surface area contributed by atoms with Gasteiger partial charge in [0.2, 0.25) is 0 Å². The van der Waals surface area contributed by atoms with E-state index >= 15 is 0 Å². The predicted molar refractivity (Wildman–Crippen MR) is 59.5 cm³/mol. The van der Waals surface area contributed by atoms with Crippen molar-refractivity contribution in [3.05, 3.63) is 18.0 Å². The van der Waals surface area contributed by atoms with E-state index in [2.05, 4.69) is 23.5 Å². The maximum atomic E-state index is 4.37. The van der Waals surface area contributed by atoms with Crippen LogP contribution in [0.15, 0.2) is 12.4 Å². The Bertz CT molecular complexity index is 350. The van der Waals surface area contributed by atoms with Crippen molar-refractivity contribution < 1.29 is 0 Å². The van der Waals surface area contributed by atoms with E-state index in [0.29, 0.717) is 11.5 Å². The molecule has 1 aromatic heterocycles. The van der Waals surface area contributed by atoms with E-state index in [4.69, 9.17) is 0 Å². The van der Waals surface area contributed by atoms with Crippen molar-refractivity contribution >= 4 is 0 Å². The van der Waals surface area contributed by atoms with Crippen molar-refractivity contribution in [2.75, 3.05) is 6.54 Å². The molecule has 1 aliphatic carbocycles. The molecule has 1 atom stereocenters. The Kier molecular flexibility index (Phi) is 2.09. The van der Waals surface area contributed by atoms with Crippen LogP contribution in [0.1, 0.15) is 44.2 Å². The highest BCUT2D eigenvalue weighted by atomic mass is 15.3. The Morgan fingerprint density at radius 1 is 1.53 bits per heavy atom. The third-order valence-electron chi connectivity index (χ3n) is 4.18. The number of aromatic nitrogens is 2. The summed E-state index contributed by atoms with van der Waals surface area (Å²) < 4.78 is 2.03. The molecule has 0 radical (unpaired) electrons. The Labute approximate surface area is 90.9 Å². The lowest BCUT2D eigenvalue weighted by Gasteiger charge is -2.48. The summed E-state index contributed by atoms with van der Waals surface area (Å²) in [5.74, 6) is 0. The minimum absolute atomic E-state index is 0.584. The van der Waals surface area contributed by atoms with Gasteiger partial charge in [-0.1, -0.05) is 12.8 Å². The van der Waals surface area contributed by atoms with Gasteiger partial charge in [-0.15, -0.1) is 0 Å². The quantitative estimate of drug-likeness (QED) is 0.801. The largest absolute Gasteiger partial charge is 0.309 e. The van der Waals surface area contributed by atoms with E-state index in [1.54, 1.807) is 0 Å². The topological polar surface area (TPSA) is 29.9 Å². The van der Waals surface area contributed by atoms with Crippen molar-refractivity contribution in [3.8, 4) is 0 Å². The van der Waals surface area contributed by atoms with Gasteiger partial charge in [0.1, 0.15) is 0 Å². The Morgan fingerprint density at radius 3 is 2.87 bits per heavy atom. The Balaban J connectivity index is 1.82. The first-order valence-electron chi connectivity index (χ1n) is 6.10. The number of nitrogens with zero attached hydrogens (tertiary/aromatic N) is 2. The van der Waals surface area contributed by atoms with Crippen molar-refractivity contribution in [1.82, 2.24) is 15.1 Å². The molecule has 2 heterocycles. The molecule has 82 valence electrons. The fourth-order valence-electron chi connectivity index (χ4n) is 3.21. The normalized spacial score (nSPS) is 28.2. The smallest absolute Gasteiger partial charge is 0.0537 e. The van der Waals surface area contributed by atoms with Gasteiger partial charge < -0.3 is 5.32 Å². The van der Waals surface area contributed by atoms with Crippen LogP contribution >= 0.6 is 0 Å². The zero-order valence-corrected chi connectivity index (χ0v) is 9.37. The number of hydrogen-bond donors (Lipinski definition) is 1. The molecule has 3 rings (SSSR count). The Morgan fingerprint density at radius 2 is 2.33 bits per heavy atom. The van der Waals surface area contributed by atoms with Gasteiger partial charge in [-0.05, 0) is 19.8 Å². The molecule has 1 saturated heterocycles. The predicted octanol–water partition coefficient (Wildman–Crippen LogP) is 2.11. The third-order valence-corrected chi connectivity index (χ3v) is 4.18. The highest BCUT2D eigenvalue weighted by molar-refractivity contribution is 5.21. The van der Waals surface area contributed by atoms with Crippen LogP contribution in [-0.2, 0) is 6.54 Å². The summed E-state index contributed by atoms with van der Waals surface area (Å²) in [6.07, 6.45) is 9.89. The molecule has 1 aromatic rings. The van der Waals surface area contributed by atoms with E-state index in [1.165, 1.54) is 37.8 Å². The van der Waals surface area contributed by atoms with Crippen molar-refractivity contribution in [1.29, 1.82) is 0 Å². The summed E-state index contributed by atoms with van der Waals surface area (Å²) in [5, 5.41) is 7.95. The van der Waals surface area contributed by atoms with Crippen LogP contribution in [0, 0.1) is 5.41 Å². The number of aryl methyl sites for hydroxylation is 1. The monoisotopic (exact) mass is 205 g/mol. The first-order chi connectivity index (χ1) is 7.34. The molecular formula is C12H19N3. The van der Waals surface area contributed by atoms with Gasteiger partial charge in [0.25, 0.3) is 0 Å². The van der Waals surface area contributed by atoms with Gasteiger partial charge >= 0.3 is 0 Å². The average molecular weight is 205 g/mol. The van der Waals surface area contributed by atoms with E-state index in [1.807, 2.05) is 10.9 Å². The van der Waals surface area contributed by atoms with Gasteiger partial charge in [-0.25, -0.2) is 0 Å². The van der Waals surface area contributed by atoms with E-state index in [0.717, 1.165) is 6.54 Å². The molecular weight excluding hydrogens is 186 g/mol. The maximum absolute atomic E-state index is 4.37. The first-order valence-corrected chi connectivity index (χ1v) is 6.10. The lowest BCUT2D eigenvalue weighted by atomic mass is 9.70. The van der Waals surface area contributed by atoms with Crippen LogP contribution in [0.25, 0.3) is 0 Å². The fourth-order valence-corrected chi connectivity index (χ4v) is 3.21. The van der Waals surface area contributed by atoms with Crippen molar-refractivity contribution in [2.24, 2.45) is 5.41 Å². The second-order valence-electron chi connectivity index (χ2n) is 5.01. The van der Waals surface area contributed by atoms with Crippen LogP contribution < -0.4 is 5.32 Å². The molecule has 1 saturated carbocycles. The molecule has 0 aromatic carbocycles. The molecule has 2 aliphatic rings. The summed E-state index contributed by atoms with van der Waals surface area (Å²) in [5.41, 5.74) is 1.98. The summed E-state index contributed by atoms with van der Waals surface area (Å²) in [6, 6.07) is 0.584. The molecule has 0 bridgehead atoms. The highest BCUT2D eigenvalue weighted by Gasteiger charge is 2.48. The molecule has 1 spiro atoms. The molecule has 15 heavy (non-hydrogen) atoms. The summed E-state index contributed by atoms with van der Waals surface area (Å²) in [7, 11) is 0. The SMILES string of the molecule is CCn1cc([C@@H]2NCC23CCCC3)cn1. The van der Waals surface area contributed by atoms with Gasteiger partial charge in [0.05, 0.1) is 6.20 Å². The second-order valence-corrected chi connectivity index (χ2v) is 5.01. The molecule has 3 heteroatoms. The van der Waals surface area contributed by atoms with Crippen molar-refractivity contribution in [3.63, 3.8) is 0 Å². The van der Waals surface area contributed by atoms with Crippen LogP contribution in [0.2, 0.25) is 0 Å². The van der Waals surface area contributed by atoms with Gasteiger partial charge in [-0.3, -0.25) is 4.68 Å². The lowest BCUT2D eigenvalue weighted by Crippen LogP contribution is -2.54. The lowest BCUT2D eigenvalue weighted by molar-refractivity contribution is 0.0894. The zero-order valence-electron chi connectivity index (χ0n) is 9.37. The fraction of sp³-hybridized carbons (Fsp3) is 0.750. The minimum Gasteiger partial charge on any atom is -0.309 e. The molecule has 1 N–H and O–H groups in total. The second kappa shape index (κ2) is 3.34. The summed E-state index contributed by atoms with van der Waals surface area (Å²) >= 11 is 0. The minimum atomic E-state index is 0.584. The maximum Gasteiger partial charge on any atom is 0.0537 e. The van der Waals surface area contributed by atoms with Crippen LogP contribution in [0.3, 0.4) is 0 Å². The first kappa shape index (κ1) is 9.40. The van der Waals surface area contributed by atoms with Crippen molar-refractivity contribution in [2.45, 2.75) is 45.2 Å². The molecule has 0 amide bonds. The third kappa shape index (κ3) is 1.33. The number of rotatable bonds is 2. The molecule has 2 fully saturated rings. The number of hydrogen-bond acceptors (Lipinski definition) is 2. The molecule has 3 nitrogen and oxygen atoms in total. The van der Waals surface area contributed by atoms with Crippen LogP contribution in [-0.4, -0.2) is 16.3 Å². The molecule has 1 aliphatic heterocycles. The van der Waals surface area contributed by atoms with E-state index < -0.39 is 0 Å². The number of nitrogens with one attached hydrogen (secondary N) is 1. The summed E-state index contributed by atoms with van der Waals surface area (Å²) in [4.78, 5) is 0. The van der Waals surface area contributed by atoms with Gasteiger partial charge in [0.15, 0.2) is 0 Å². The average Bonchev–Trinajstić information content (AvgIpc) is 2.85. The van der Waals surface area contributed by atoms with Crippen LogP contribution in [0.4, 0.5) is 0 Å². The van der Waals surface area contributed by atoms with E-state index in [-0.39, 0.29) is 0 Å². The van der Waals surface area contributed by atoms with Crippen LogP contribution in [0.5, 0.6) is 0 Å². The zero-order chi connectivity index (χ0) is 10.3. The molecule has 0 unspecified atom stereocenters. The summed E-state index contributed by atoms with van der Waals surface area (Å²) in [6.45, 7) is 4.32. The highest BCUT2D eigenvalue weighted by Crippen LogP contribution is 2.52. The Hall–Kier alpha value is -0.830.